The fraction of sp³-hybridized carbons (Fsp3) is 0.429. The van der Waals surface area contributed by atoms with Gasteiger partial charge >= 0.3 is 10.3 Å². The fourth-order valence-electron chi connectivity index (χ4n) is 3.57. The molecular formula is C21H25N6O8S-. The predicted molar refractivity (Wildman–Crippen MR) is 123 cm³/mol. The molecule has 194 valence electrons. The number of ether oxygens (including phenoxy) is 1. The Labute approximate surface area is 206 Å². The van der Waals surface area contributed by atoms with Gasteiger partial charge in [0.05, 0.1) is 12.9 Å². The largest absolute Gasteiger partial charge is 0.872 e. The number of para-hydroxylation sites is 1. The smallest absolute Gasteiger partial charge is 0.362 e. The Morgan fingerprint density at radius 1 is 1.22 bits per heavy atom. The van der Waals surface area contributed by atoms with Gasteiger partial charge in [-0.25, -0.2) is 19.7 Å². The lowest BCUT2D eigenvalue weighted by Crippen LogP contribution is -2.38. The van der Waals surface area contributed by atoms with Gasteiger partial charge in [0.1, 0.15) is 24.6 Å². The molecule has 1 aliphatic rings. The van der Waals surface area contributed by atoms with E-state index in [2.05, 4.69) is 20.3 Å². The molecule has 0 unspecified atom stereocenters. The maximum absolute atomic E-state index is 12.2. The molecular weight excluding hydrogens is 496 g/mol. The molecule has 0 spiro atoms. The van der Waals surface area contributed by atoms with Crippen LogP contribution in [0.25, 0.3) is 11.2 Å². The average molecular weight is 522 g/mol. The number of carbonyl (C=O) groups excluding carboxylic acids is 1. The first-order chi connectivity index (χ1) is 17.1. The molecule has 1 aliphatic heterocycles. The van der Waals surface area contributed by atoms with Crippen molar-refractivity contribution >= 4 is 33.2 Å². The molecule has 3 heterocycles. The second-order valence-electron chi connectivity index (χ2n) is 8.53. The Hall–Kier alpha value is -3.37. The lowest BCUT2D eigenvalue weighted by molar-refractivity contribution is -0.268. The quantitative estimate of drug-likeness (QED) is 0.276. The molecule has 0 aliphatic carbocycles. The zero-order valence-electron chi connectivity index (χ0n) is 19.3. The zero-order valence-corrected chi connectivity index (χ0v) is 20.1. The van der Waals surface area contributed by atoms with Crippen molar-refractivity contribution in [3.05, 3.63) is 42.5 Å². The van der Waals surface area contributed by atoms with Crippen molar-refractivity contribution in [2.45, 2.75) is 38.4 Å². The van der Waals surface area contributed by atoms with Crippen molar-refractivity contribution in [3.8, 4) is 5.75 Å². The molecule has 3 aromatic rings. The van der Waals surface area contributed by atoms with Gasteiger partial charge in [-0.3, -0.25) is 13.5 Å². The van der Waals surface area contributed by atoms with E-state index in [0.29, 0.717) is 29.4 Å². The van der Waals surface area contributed by atoms with Gasteiger partial charge in [0.15, 0.2) is 23.2 Å². The van der Waals surface area contributed by atoms with Crippen LogP contribution in [-0.4, -0.2) is 75.5 Å². The maximum atomic E-state index is 12.2. The topological polar surface area (TPSA) is 201 Å². The van der Waals surface area contributed by atoms with Crippen LogP contribution >= 0.6 is 0 Å². The standard InChI is InChI=1S/C21H26N6O8S/c1-11(2)7-22-18-15-19(24-9-23-18)27(10-25-15)21-17(30)16(29)14(35-21)8-34-36(32,33)26-20(31)12-5-3-4-6-13(12)28/h3-6,9-11,14,16-17,21,28-30H,7-8H2,1-2H3,(H,26,31)(H,22,23,24)/p-1/t14-,16-,17-,21-/m1/s1. The van der Waals surface area contributed by atoms with E-state index in [9.17, 15) is 28.5 Å². The van der Waals surface area contributed by atoms with Gasteiger partial charge in [-0.2, -0.15) is 8.42 Å². The van der Waals surface area contributed by atoms with Gasteiger partial charge in [-0.15, -0.1) is 0 Å². The number of hydrogen-bond acceptors (Lipinski definition) is 12. The highest BCUT2D eigenvalue weighted by atomic mass is 32.2. The average Bonchev–Trinajstić information content (AvgIpc) is 3.37. The third-order valence-corrected chi connectivity index (χ3v) is 6.27. The van der Waals surface area contributed by atoms with Gasteiger partial charge in [-0.1, -0.05) is 43.9 Å². The SMILES string of the molecule is CC(C)CNc1ncnc2c1ncn2[C@@H]1O[C@H](COS(=O)(=O)NC(=O)c2ccccc2[O-])[C@@H](O)[C@H]1O. The molecule has 0 saturated carbocycles. The Kier molecular flexibility index (Phi) is 7.37. The van der Waals surface area contributed by atoms with E-state index < -0.39 is 53.1 Å². The first kappa shape index (κ1) is 25.7. The van der Waals surface area contributed by atoms with Crippen molar-refractivity contribution in [1.82, 2.24) is 24.2 Å². The van der Waals surface area contributed by atoms with Crippen LogP contribution in [0, 0.1) is 5.92 Å². The second-order valence-corrected chi connectivity index (χ2v) is 9.88. The highest BCUT2D eigenvalue weighted by Gasteiger charge is 2.45. The number of rotatable bonds is 9. The third kappa shape index (κ3) is 5.39. The molecule has 0 bridgehead atoms. The zero-order chi connectivity index (χ0) is 26.0. The van der Waals surface area contributed by atoms with Gasteiger partial charge < -0.3 is 25.4 Å². The molecule has 4 atom stereocenters. The number of amides is 1. The number of hydrogen-bond donors (Lipinski definition) is 4. The van der Waals surface area contributed by atoms with E-state index >= 15 is 0 Å². The summed E-state index contributed by atoms with van der Waals surface area (Å²) in [4.78, 5) is 24.8. The lowest BCUT2D eigenvalue weighted by Gasteiger charge is -2.17. The van der Waals surface area contributed by atoms with E-state index in [4.69, 9.17) is 8.92 Å². The summed E-state index contributed by atoms with van der Waals surface area (Å²) in [6.07, 6.45) is -2.75. The summed E-state index contributed by atoms with van der Waals surface area (Å²) in [6, 6.07) is 5.09. The molecule has 15 heteroatoms. The summed E-state index contributed by atoms with van der Waals surface area (Å²) in [5.41, 5.74) is 0.367. The van der Waals surface area contributed by atoms with E-state index in [1.54, 1.807) is 4.72 Å². The van der Waals surface area contributed by atoms with Crippen LogP contribution in [0.2, 0.25) is 0 Å². The maximum Gasteiger partial charge on any atom is 0.362 e. The Morgan fingerprint density at radius 2 is 1.97 bits per heavy atom. The molecule has 36 heavy (non-hydrogen) atoms. The number of aliphatic hydroxyl groups is 2. The normalized spacial score (nSPS) is 22.2. The van der Waals surface area contributed by atoms with Gasteiger partial charge in [0.2, 0.25) is 0 Å². The van der Waals surface area contributed by atoms with Crippen LogP contribution in [-0.2, 0) is 19.2 Å². The molecule has 4 rings (SSSR count). The molecule has 1 fully saturated rings. The number of nitrogens with zero attached hydrogens (tertiary/aromatic N) is 4. The van der Waals surface area contributed by atoms with Crippen molar-refractivity contribution in [2.75, 3.05) is 18.5 Å². The predicted octanol–water partition coefficient (Wildman–Crippen LogP) is -0.722. The van der Waals surface area contributed by atoms with Crippen molar-refractivity contribution in [1.29, 1.82) is 0 Å². The monoisotopic (exact) mass is 521 g/mol. The first-order valence-electron chi connectivity index (χ1n) is 11.0. The lowest BCUT2D eigenvalue weighted by atomic mass is 10.1. The number of aromatic nitrogens is 4. The number of benzene rings is 1. The van der Waals surface area contributed by atoms with Crippen LogP contribution in [0.4, 0.5) is 5.82 Å². The fourth-order valence-corrected chi connectivity index (χ4v) is 4.28. The molecule has 4 N–H and O–H groups in total. The van der Waals surface area contributed by atoms with Crippen LogP contribution in [0.3, 0.4) is 0 Å². The van der Waals surface area contributed by atoms with Crippen LogP contribution in [0.5, 0.6) is 5.75 Å². The van der Waals surface area contributed by atoms with Gasteiger partial charge in [0, 0.05) is 12.1 Å². The van der Waals surface area contributed by atoms with E-state index in [1.807, 2.05) is 13.8 Å². The third-order valence-electron chi connectivity index (χ3n) is 5.38. The molecule has 2 aromatic heterocycles. The minimum absolute atomic E-state index is 0.324. The summed E-state index contributed by atoms with van der Waals surface area (Å²) in [5.74, 6) is -0.992. The highest BCUT2D eigenvalue weighted by Crippen LogP contribution is 2.32. The van der Waals surface area contributed by atoms with E-state index in [-0.39, 0.29) is 5.56 Å². The van der Waals surface area contributed by atoms with E-state index in [1.165, 1.54) is 35.4 Å². The summed E-state index contributed by atoms with van der Waals surface area (Å²) in [6.45, 7) is 3.99. The molecule has 1 saturated heterocycles. The summed E-state index contributed by atoms with van der Waals surface area (Å²) in [7, 11) is -4.66. The van der Waals surface area contributed by atoms with Crippen molar-refractivity contribution in [2.24, 2.45) is 5.92 Å². The summed E-state index contributed by atoms with van der Waals surface area (Å²) in [5, 5.41) is 35.9. The second kappa shape index (κ2) is 10.3. The molecule has 1 aromatic carbocycles. The number of nitrogens with one attached hydrogen (secondary N) is 2. The van der Waals surface area contributed by atoms with Crippen LogP contribution in [0.1, 0.15) is 30.4 Å². The minimum Gasteiger partial charge on any atom is -0.872 e. The molecule has 0 radical (unpaired) electrons. The Morgan fingerprint density at radius 3 is 2.69 bits per heavy atom. The molecule has 14 nitrogen and oxygen atoms in total. The summed E-state index contributed by atoms with van der Waals surface area (Å²) < 4.78 is 37.9. The first-order valence-corrected chi connectivity index (χ1v) is 12.4. The number of anilines is 1. The number of aliphatic hydroxyl groups excluding tert-OH is 2. The van der Waals surface area contributed by atoms with Crippen molar-refractivity contribution < 1.29 is 37.5 Å². The molecule has 1 amide bonds. The Bertz CT molecular complexity index is 1350. The van der Waals surface area contributed by atoms with Crippen molar-refractivity contribution in [3.63, 3.8) is 0 Å². The number of carbonyl (C=O) groups is 1. The van der Waals surface area contributed by atoms with Gasteiger partial charge in [0.25, 0.3) is 5.91 Å². The van der Waals surface area contributed by atoms with Crippen LogP contribution in [0.15, 0.2) is 36.9 Å². The summed E-state index contributed by atoms with van der Waals surface area (Å²) >= 11 is 0. The minimum atomic E-state index is -4.66. The Balaban J connectivity index is 1.44. The van der Waals surface area contributed by atoms with E-state index in [0.717, 1.165) is 6.07 Å². The number of imidazole rings is 1. The number of fused-ring (bicyclic) bond motifs is 1. The van der Waals surface area contributed by atoms with Crippen LogP contribution < -0.4 is 15.1 Å². The highest BCUT2D eigenvalue weighted by molar-refractivity contribution is 7.85. The van der Waals surface area contributed by atoms with Gasteiger partial charge in [-0.05, 0) is 5.92 Å².